The second kappa shape index (κ2) is 9.08. The molecule has 1 N–H and O–H groups in total. The van der Waals surface area contributed by atoms with Crippen molar-refractivity contribution in [3.63, 3.8) is 0 Å². The SMILES string of the molecule is CS(=O)(=O)c1ccc(-n2nnnc2CSc2nnc(NCc3ccc(F)cc3)s2)cc1. The van der Waals surface area contributed by atoms with Crippen LogP contribution in [0, 0.1) is 5.82 Å². The van der Waals surface area contributed by atoms with E-state index in [2.05, 4.69) is 31.0 Å². The third kappa shape index (κ3) is 5.42. The number of hydrogen-bond donors (Lipinski definition) is 1. The Hall–Kier alpha value is -2.90. The number of nitrogens with zero attached hydrogens (tertiary/aromatic N) is 6. The zero-order valence-electron chi connectivity index (χ0n) is 16.1. The van der Waals surface area contributed by atoms with Crippen molar-refractivity contribution in [3.8, 4) is 5.69 Å². The van der Waals surface area contributed by atoms with Gasteiger partial charge in [-0.2, -0.15) is 4.68 Å². The van der Waals surface area contributed by atoms with Crippen LogP contribution in [0.3, 0.4) is 0 Å². The molecule has 0 aliphatic rings. The lowest BCUT2D eigenvalue weighted by atomic mass is 10.2. The number of rotatable bonds is 8. The molecule has 9 nitrogen and oxygen atoms in total. The molecule has 0 aliphatic heterocycles. The third-order valence-electron chi connectivity index (χ3n) is 4.13. The summed E-state index contributed by atoms with van der Waals surface area (Å²) >= 11 is 2.83. The summed E-state index contributed by atoms with van der Waals surface area (Å²) in [4.78, 5) is 0.231. The molecule has 4 rings (SSSR count). The molecule has 0 saturated heterocycles. The Kier molecular flexibility index (Phi) is 6.25. The smallest absolute Gasteiger partial charge is 0.206 e. The van der Waals surface area contributed by atoms with Gasteiger partial charge in [-0.25, -0.2) is 12.8 Å². The van der Waals surface area contributed by atoms with E-state index in [1.54, 1.807) is 28.9 Å². The highest BCUT2D eigenvalue weighted by molar-refractivity contribution is 8.00. The van der Waals surface area contributed by atoms with E-state index in [0.717, 1.165) is 16.2 Å². The van der Waals surface area contributed by atoms with Gasteiger partial charge in [-0.1, -0.05) is 35.2 Å². The molecule has 0 radical (unpaired) electrons. The fourth-order valence-corrected chi connectivity index (χ4v) is 4.86. The largest absolute Gasteiger partial charge is 0.356 e. The first-order valence-electron chi connectivity index (χ1n) is 8.91. The molecule has 0 spiro atoms. The molecule has 0 fully saturated rings. The fraction of sp³-hybridized carbons (Fsp3) is 0.167. The second-order valence-corrected chi connectivity index (χ2v) is 10.6. The Morgan fingerprint density at radius 2 is 1.81 bits per heavy atom. The maximum absolute atomic E-state index is 13.0. The van der Waals surface area contributed by atoms with Crippen LogP contribution >= 0.6 is 23.1 Å². The number of nitrogens with one attached hydrogen (secondary N) is 1. The second-order valence-electron chi connectivity index (χ2n) is 6.41. The van der Waals surface area contributed by atoms with Crippen LogP contribution in [0.25, 0.3) is 5.69 Å². The lowest BCUT2D eigenvalue weighted by Crippen LogP contribution is -2.03. The summed E-state index contributed by atoms with van der Waals surface area (Å²) in [7, 11) is -3.27. The Morgan fingerprint density at radius 1 is 1.06 bits per heavy atom. The Labute approximate surface area is 185 Å². The van der Waals surface area contributed by atoms with E-state index in [1.165, 1.54) is 47.4 Å². The lowest BCUT2D eigenvalue weighted by Gasteiger charge is -2.05. The van der Waals surface area contributed by atoms with Crippen LogP contribution in [0.1, 0.15) is 11.4 Å². The molecule has 0 saturated carbocycles. The van der Waals surface area contributed by atoms with Crippen LogP contribution in [-0.2, 0) is 22.1 Å². The van der Waals surface area contributed by atoms with Crippen LogP contribution in [0.5, 0.6) is 0 Å². The van der Waals surface area contributed by atoms with E-state index in [0.29, 0.717) is 28.9 Å². The van der Waals surface area contributed by atoms with Crippen molar-refractivity contribution in [1.29, 1.82) is 0 Å². The molecule has 0 amide bonds. The molecular formula is C18H16FN7O2S3. The predicted octanol–water partition coefficient (Wildman–Crippen LogP) is 2.96. The van der Waals surface area contributed by atoms with Crippen LogP contribution in [0.4, 0.5) is 9.52 Å². The summed E-state index contributed by atoms with van der Waals surface area (Å²) in [6, 6.07) is 12.6. The number of sulfone groups is 1. The molecule has 2 aromatic heterocycles. The molecule has 2 heterocycles. The Balaban J connectivity index is 1.37. The van der Waals surface area contributed by atoms with Gasteiger partial charge in [0, 0.05) is 12.8 Å². The molecular weight excluding hydrogens is 461 g/mol. The number of anilines is 1. The first-order valence-corrected chi connectivity index (χ1v) is 12.6. The van der Waals surface area contributed by atoms with Crippen molar-refractivity contribution in [2.75, 3.05) is 11.6 Å². The van der Waals surface area contributed by atoms with Gasteiger partial charge in [0.25, 0.3) is 0 Å². The van der Waals surface area contributed by atoms with Gasteiger partial charge < -0.3 is 5.32 Å². The topological polar surface area (TPSA) is 116 Å². The predicted molar refractivity (Wildman–Crippen MR) is 115 cm³/mol. The van der Waals surface area contributed by atoms with E-state index in [-0.39, 0.29) is 10.7 Å². The van der Waals surface area contributed by atoms with Gasteiger partial charge in [0.1, 0.15) is 5.82 Å². The zero-order valence-corrected chi connectivity index (χ0v) is 18.6. The molecule has 0 bridgehead atoms. The number of halogens is 1. The summed E-state index contributed by atoms with van der Waals surface area (Å²) in [5, 5.41) is 23.8. The van der Waals surface area contributed by atoms with Gasteiger partial charge in [-0.05, 0) is 52.4 Å². The van der Waals surface area contributed by atoms with E-state index < -0.39 is 9.84 Å². The van der Waals surface area contributed by atoms with E-state index >= 15 is 0 Å². The van der Waals surface area contributed by atoms with Crippen molar-refractivity contribution in [2.45, 2.75) is 21.5 Å². The van der Waals surface area contributed by atoms with Crippen molar-refractivity contribution >= 4 is 38.1 Å². The normalized spacial score (nSPS) is 11.5. The number of aromatic nitrogens is 6. The summed E-state index contributed by atoms with van der Waals surface area (Å²) in [5.41, 5.74) is 1.60. The van der Waals surface area contributed by atoms with Crippen LogP contribution in [0.2, 0.25) is 0 Å². The van der Waals surface area contributed by atoms with Gasteiger partial charge in [0.2, 0.25) is 5.13 Å². The first kappa shape index (κ1) is 21.3. The average Bonchev–Trinajstić information content (AvgIpc) is 3.40. The minimum absolute atomic E-state index is 0.231. The molecule has 0 atom stereocenters. The average molecular weight is 478 g/mol. The van der Waals surface area contributed by atoms with Crippen molar-refractivity contribution in [2.24, 2.45) is 0 Å². The van der Waals surface area contributed by atoms with Crippen LogP contribution in [-0.4, -0.2) is 45.1 Å². The van der Waals surface area contributed by atoms with E-state index in [9.17, 15) is 12.8 Å². The quantitative estimate of drug-likeness (QED) is 0.382. The first-order chi connectivity index (χ1) is 14.9. The van der Waals surface area contributed by atoms with Gasteiger partial charge >= 0.3 is 0 Å². The van der Waals surface area contributed by atoms with Gasteiger partial charge in [-0.3, -0.25) is 0 Å². The van der Waals surface area contributed by atoms with E-state index in [4.69, 9.17) is 0 Å². The minimum atomic E-state index is -3.27. The van der Waals surface area contributed by atoms with Crippen molar-refractivity contribution in [3.05, 3.63) is 65.7 Å². The molecule has 0 unspecified atom stereocenters. The summed E-state index contributed by atoms with van der Waals surface area (Å²) < 4.78 is 38.5. The molecule has 0 aliphatic carbocycles. The lowest BCUT2D eigenvalue weighted by molar-refractivity contribution is 0.602. The molecule has 2 aromatic carbocycles. The molecule has 160 valence electrons. The highest BCUT2D eigenvalue weighted by Crippen LogP contribution is 2.28. The van der Waals surface area contributed by atoms with Gasteiger partial charge in [0.05, 0.1) is 16.3 Å². The van der Waals surface area contributed by atoms with Gasteiger partial charge in [-0.15, -0.1) is 15.3 Å². The van der Waals surface area contributed by atoms with Gasteiger partial charge in [0.15, 0.2) is 20.0 Å². The number of benzene rings is 2. The highest BCUT2D eigenvalue weighted by atomic mass is 32.2. The Bertz CT molecular complexity index is 1270. The minimum Gasteiger partial charge on any atom is -0.356 e. The maximum atomic E-state index is 13.0. The van der Waals surface area contributed by atoms with Crippen molar-refractivity contribution < 1.29 is 12.8 Å². The monoisotopic (exact) mass is 477 g/mol. The van der Waals surface area contributed by atoms with E-state index in [1.807, 2.05) is 0 Å². The van der Waals surface area contributed by atoms with Crippen LogP contribution in [0.15, 0.2) is 57.8 Å². The molecule has 31 heavy (non-hydrogen) atoms. The summed E-state index contributed by atoms with van der Waals surface area (Å²) in [5.74, 6) is 0.771. The molecule has 4 aromatic rings. The Morgan fingerprint density at radius 3 is 2.52 bits per heavy atom. The number of tetrazole rings is 1. The summed E-state index contributed by atoms with van der Waals surface area (Å²) in [6.07, 6.45) is 1.16. The maximum Gasteiger partial charge on any atom is 0.206 e. The molecule has 13 heteroatoms. The third-order valence-corrected chi connectivity index (χ3v) is 7.27. The standard InChI is InChI=1S/C18H16FN7O2S3/c1-31(27,28)15-8-6-14(7-9-15)26-16(21-24-25-26)11-29-18-23-22-17(30-18)20-10-12-2-4-13(19)5-3-12/h2-9H,10-11H2,1H3,(H,20,22). The van der Waals surface area contributed by atoms with Crippen LogP contribution < -0.4 is 5.32 Å². The summed E-state index contributed by atoms with van der Waals surface area (Å²) in [6.45, 7) is 0.515. The number of thioether (sulfide) groups is 1. The van der Waals surface area contributed by atoms with Crippen molar-refractivity contribution in [1.82, 2.24) is 30.4 Å². The highest BCUT2D eigenvalue weighted by Gasteiger charge is 2.13. The number of hydrogen-bond acceptors (Lipinski definition) is 10. The fourth-order valence-electron chi connectivity index (χ4n) is 2.58. The zero-order chi connectivity index (χ0) is 21.8.